The van der Waals surface area contributed by atoms with Crippen LogP contribution in [-0.2, 0) is 14.3 Å². The molecule has 0 saturated carbocycles. The van der Waals surface area contributed by atoms with Gasteiger partial charge in [-0.3, -0.25) is 4.79 Å². The lowest BCUT2D eigenvalue weighted by Crippen LogP contribution is -2.42. The van der Waals surface area contributed by atoms with Crippen molar-refractivity contribution < 1.29 is 14.3 Å². The largest absolute Gasteiger partial charge is 0.348 e. The van der Waals surface area contributed by atoms with Crippen LogP contribution in [0.25, 0.3) is 0 Å². The summed E-state index contributed by atoms with van der Waals surface area (Å²) in [5.41, 5.74) is 1.07. The van der Waals surface area contributed by atoms with Gasteiger partial charge in [0, 0.05) is 4.90 Å². The van der Waals surface area contributed by atoms with Gasteiger partial charge >= 0.3 is 0 Å². The molecule has 1 fully saturated rings. The summed E-state index contributed by atoms with van der Waals surface area (Å²) >= 11 is 1.47. The number of carbonyl (C=O) groups excluding carboxylic acids is 1. The molecule has 2 aromatic rings. The summed E-state index contributed by atoms with van der Waals surface area (Å²) in [6.07, 6.45) is -0.621. The molecular weight excluding hydrogens is 346 g/mol. The zero-order valence-electron chi connectivity index (χ0n) is 15.3. The Morgan fingerprint density at radius 2 is 1.50 bits per heavy atom. The van der Waals surface area contributed by atoms with E-state index in [1.165, 1.54) is 11.8 Å². The number of carbonyl (C=O) groups is 1. The van der Waals surface area contributed by atoms with Crippen molar-refractivity contribution in [3.63, 3.8) is 0 Å². The van der Waals surface area contributed by atoms with Crippen LogP contribution in [0, 0.1) is 0 Å². The SMILES string of the molecule is C[C@H](NC(=O)C(Sc1ccccc1)C1O[C@@H](C)[C@H](C)O1)c1ccccc1. The molecule has 0 aromatic heterocycles. The first-order valence-electron chi connectivity index (χ1n) is 8.92. The molecule has 2 aromatic carbocycles. The molecule has 1 saturated heterocycles. The van der Waals surface area contributed by atoms with Gasteiger partial charge in [-0.15, -0.1) is 11.8 Å². The van der Waals surface area contributed by atoms with Gasteiger partial charge in [-0.1, -0.05) is 48.5 Å². The third-order valence-electron chi connectivity index (χ3n) is 4.53. The molecule has 0 bridgehead atoms. The van der Waals surface area contributed by atoms with E-state index in [4.69, 9.17) is 9.47 Å². The van der Waals surface area contributed by atoms with E-state index in [1.807, 2.05) is 81.4 Å². The summed E-state index contributed by atoms with van der Waals surface area (Å²) in [7, 11) is 0. The Bertz CT molecular complexity index is 700. The lowest BCUT2D eigenvalue weighted by atomic mass is 10.1. The van der Waals surface area contributed by atoms with E-state index in [1.54, 1.807) is 0 Å². The van der Waals surface area contributed by atoms with Crippen molar-refractivity contribution in [3.8, 4) is 0 Å². The highest BCUT2D eigenvalue weighted by molar-refractivity contribution is 8.00. The molecule has 1 unspecified atom stereocenters. The van der Waals surface area contributed by atoms with Crippen LogP contribution in [0.15, 0.2) is 65.6 Å². The van der Waals surface area contributed by atoms with Gasteiger partial charge in [0.2, 0.25) is 5.91 Å². The van der Waals surface area contributed by atoms with Gasteiger partial charge < -0.3 is 14.8 Å². The fourth-order valence-corrected chi connectivity index (χ4v) is 3.84. The Kier molecular flexibility index (Phi) is 6.35. The van der Waals surface area contributed by atoms with Crippen molar-refractivity contribution in [2.45, 2.75) is 55.5 Å². The molecule has 4 atom stereocenters. The van der Waals surface area contributed by atoms with E-state index in [9.17, 15) is 4.79 Å². The summed E-state index contributed by atoms with van der Waals surface area (Å²) in [4.78, 5) is 14.1. The number of rotatable bonds is 6. The number of amides is 1. The zero-order chi connectivity index (χ0) is 18.5. The van der Waals surface area contributed by atoms with E-state index in [2.05, 4.69) is 5.32 Å². The highest BCUT2D eigenvalue weighted by Gasteiger charge is 2.40. The molecule has 1 aliphatic heterocycles. The molecule has 0 aliphatic carbocycles. The third-order valence-corrected chi connectivity index (χ3v) is 5.76. The summed E-state index contributed by atoms with van der Waals surface area (Å²) in [5.74, 6) is -0.0819. The number of nitrogens with one attached hydrogen (secondary N) is 1. The molecule has 1 amide bonds. The van der Waals surface area contributed by atoms with E-state index in [-0.39, 0.29) is 24.2 Å². The summed E-state index contributed by atoms with van der Waals surface area (Å²) in [6, 6.07) is 19.7. The monoisotopic (exact) mass is 371 g/mol. The van der Waals surface area contributed by atoms with Crippen LogP contribution in [-0.4, -0.2) is 29.7 Å². The van der Waals surface area contributed by atoms with Crippen molar-refractivity contribution in [1.29, 1.82) is 0 Å². The number of thioether (sulfide) groups is 1. The smallest absolute Gasteiger partial charge is 0.239 e. The Labute approximate surface area is 159 Å². The predicted octanol–water partition coefficient (Wildman–Crippen LogP) is 4.17. The van der Waals surface area contributed by atoms with Crippen LogP contribution in [0.3, 0.4) is 0 Å². The quantitative estimate of drug-likeness (QED) is 0.774. The minimum absolute atomic E-state index is 0.0294. The van der Waals surface area contributed by atoms with Crippen LogP contribution in [0.5, 0.6) is 0 Å². The zero-order valence-corrected chi connectivity index (χ0v) is 16.1. The van der Waals surface area contributed by atoms with Crippen LogP contribution < -0.4 is 5.32 Å². The maximum Gasteiger partial charge on any atom is 0.239 e. The number of hydrogen-bond donors (Lipinski definition) is 1. The minimum atomic E-state index is -0.562. The van der Waals surface area contributed by atoms with Gasteiger partial charge in [0.25, 0.3) is 0 Å². The molecule has 138 valence electrons. The van der Waals surface area contributed by atoms with Crippen molar-refractivity contribution in [2.24, 2.45) is 0 Å². The molecule has 1 aliphatic rings. The Hall–Kier alpha value is -1.82. The summed E-state index contributed by atoms with van der Waals surface area (Å²) in [6.45, 7) is 5.93. The molecule has 26 heavy (non-hydrogen) atoms. The number of benzene rings is 2. The van der Waals surface area contributed by atoms with E-state index in [0.717, 1.165) is 10.5 Å². The first kappa shape index (κ1) is 19.0. The van der Waals surface area contributed by atoms with Crippen molar-refractivity contribution in [3.05, 3.63) is 66.2 Å². The lowest BCUT2D eigenvalue weighted by Gasteiger charge is -2.24. The molecule has 1 heterocycles. The second kappa shape index (κ2) is 8.71. The molecule has 3 rings (SSSR count). The van der Waals surface area contributed by atoms with Gasteiger partial charge in [0.05, 0.1) is 18.2 Å². The molecule has 5 heteroatoms. The fraction of sp³-hybridized carbons (Fsp3) is 0.381. The van der Waals surface area contributed by atoms with Crippen LogP contribution in [0.4, 0.5) is 0 Å². The first-order valence-corrected chi connectivity index (χ1v) is 9.80. The molecule has 4 nitrogen and oxygen atoms in total. The van der Waals surface area contributed by atoms with E-state index < -0.39 is 11.5 Å². The minimum Gasteiger partial charge on any atom is -0.348 e. The number of hydrogen-bond acceptors (Lipinski definition) is 4. The van der Waals surface area contributed by atoms with Gasteiger partial charge in [-0.2, -0.15) is 0 Å². The predicted molar refractivity (Wildman–Crippen MR) is 104 cm³/mol. The van der Waals surface area contributed by atoms with Crippen LogP contribution in [0.2, 0.25) is 0 Å². The van der Waals surface area contributed by atoms with Crippen molar-refractivity contribution in [1.82, 2.24) is 5.32 Å². The first-order chi connectivity index (χ1) is 12.5. The molecule has 0 radical (unpaired) electrons. The average Bonchev–Trinajstić information content (AvgIpc) is 2.99. The third kappa shape index (κ3) is 4.67. The maximum atomic E-state index is 13.0. The normalized spacial score (nSPS) is 22.7. The summed E-state index contributed by atoms with van der Waals surface area (Å²) < 4.78 is 11.8. The standard InChI is InChI=1S/C21H25NO3S/c1-14(17-10-6-4-7-11-17)22-20(23)19(21-24-15(2)16(3)25-21)26-18-12-8-5-9-13-18/h4-16,19,21H,1-3H3,(H,22,23)/t14-,15-,16-,19?/m0/s1. The van der Waals surface area contributed by atoms with Gasteiger partial charge in [-0.05, 0) is 38.5 Å². The van der Waals surface area contributed by atoms with Crippen molar-refractivity contribution >= 4 is 17.7 Å². The van der Waals surface area contributed by atoms with E-state index in [0.29, 0.717) is 0 Å². The average molecular weight is 372 g/mol. The fourth-order valence-electron chi connectivity index (χ4n) is 2.82. The summed E-state index contributed by atoms with van der Waals surface area (Å²) in [5, 5.41) is 2.63. The molecule has 1 N–H and O–H groups in total. The van der Waals surface area contributed by atoms with Crippen LogP contribution >= 0.6 is 11.8 Å². The van der Waals surface area contributed by atoms with Crippen LogP contribution in [0.1, 0.15) is 32.4 Å². The van der Waals surface area contributed by atoms with Gasteiger partial charge in [-0.25, -0.2) is 0 Å². The Morgan fingerprint density at radius 1 is 0.962 bits per heavy atom. The highest BCUT2D eigenvalue weighted by atomic mass is 32.2. The molecule has 0 spiro atoms. The highest BCUT2D eigenvalue weighted by Crippen LogP contribution is 2.32. The Morgan fingerprint density at radius 3 is 2.08 bits per heavy atom. The van der Waals surface area contributed by atoms with Crippen molar-refractivity contribution in [2.75, 3.05) is 0 Å². The second-order valence-corrected chi connectivity index (χ2v) is 7.76. The topological polar surface area (TPSA) is 47.6 Å². The lowest BCUT2D eigenvalue weighted by molar-refractivity contribution is -0.130. The van der Waals surface area contributed by atoms with E-state index >= 15 is 0 Å². The molecular formula is C21H25NO3S. The maximum absolute atomic E-state index is 13.0. The van der Waals surface area contributed by atoms with Gasteiger partial charge in [0.1, 0.15) is 5.25 Å². The second-order valence-electron chi connectivity index (χ2n) is 6.54. The number of ether oxygens (including phenoxy) is 2. The van der Waals surface area contributed by atoms with Gasteiger partial charge in [0.15, 0.2) is 6.29 Å². The Balaban J connectivity index is 1.74.